The van der Waals surface area contributed by atoms with E-state index in [-0.39, 0.29) is 29.7 Å². The van der Waals surface area contributed by atoms with Crippen LogP contribution in [0, 0.1) is 29.5 Å². The molecule has 1 aliphatic heterocycles. The maximum absolute atomic E-state index is 15.2. The Hall–Kier alpha value is -2.39. The number of carbonyl (C=O) groups excluding carboxylic acids is 1. The zero-order chi connectivity index (χ0) is 28.6. The van der Waals surface area contributed by atoms with Crippen LogP contribution >= 0.6 is 11.6 Å². The topological polar surface area (TPSA) is 66.8 Å². The summed E-state index contributed by atoms with van der Waals surface area (Å²) in [5, 5.41) is 9.91. The molecule has 1 N–H and O–H groups in total. The second kappa shape index (κ2) is 11.8. The predicted molar refractivity (Wildman–Crippen MR) is 142 cm³/mol. The van der Waals surface area contributed by atoms with Gasteiger partial charge in [-0.3, -0.25) is 9.59 Å². The molecule has 1 aromatic carbocycles. The lowest BCUT2D eigenvalue weighted by Gasteiger charge is -2.35. The van der Waals surface area contributed by atoms with Crippen molar-refractivity contribution in [1.82, 2.24) is 4.90 Å². The third-order valence-corrected chi connectivity index (χ3v) is 9.31. The van der Waals surface area contributed by atoms with Crippen LogP contribution < -0.4 is 4.74 Å². The Morgan fingerprint density at radius 3 is 2.38 bits per heavy atom. The summed E-state index contributed by atoms with van der Waals surface area (Å²) in [7, 11) is 0. The van der Waals surface area contributed by atoms with E-state index in [1.807, 2.05) is 0 Å². The number of carboxylic acids is 1. The molecule has 0 aromatic heterocycles. The number of hydrogen-bond acceptors (Lipinski definition) is 4. The molecule has 218 valence electrons. The van der Waals surface area contributed by atoms with Crippen molar-refractivity contribution in [3.63, 3.8) is 0 Å². The lowest BCUT2D eigenvalue weighted by molar-refractivity contribution is -0.142. The monoisotopic (exact) mass is 583 g/mol. The Balaban J connectivity index is 1.17. The predicted octanol–water partition coefficient (Wildman–Crippen LogP) is 7.11. The van der Waals surface area contributed by atoms with Gasteiger partial charge in [0, 0.05) is 35.1 Å². The average Bonchev–Trinajstić information content (AvgIpc) is 3.63. The average molecular weight is 584 g/mol. The first-order valence-electron chi connectivity index (χ1n) is 14.1. The Bertz CT molecular complexity index is 1200. The van der Waals surface area contributed by atoms with E-state index in [2.05, 4.69) is 4.90 Å². The number of carbonyl (C=O) groups is 2. The smallest absolute Gasteiger partial charge is 0.412 e. The van der Waals surface area contributed by atoms with Crippen molar-refractivity contribution in [2.75, 3.05) is 26.2 Å². The molecular weight excluding hydrogens is 550 g/mol. The van der Waals surface area contributed by atoms with Gasteiger partial charge in [-0.05, 0) is 87.6 Å². The Morgan fingerprint density at radius 2 is 1.73 bits per heavy atom. The molecule has 10 heteroatoms. The molecule has 1 aromatic rings. The fraction of sp³-hybridized carbons (Fsp3) is 0.600. The van der Waals surface area contributed by atoms with Crippen LogP contribution in [0.25, 0.3) is 0 Å². The normalized spacial score (nSPS) is 26.4. The number of alkyl halides is 3. The molecule has 0 spiro atoms. The first-order chi connectivity index (χ1) is 19.0. The van der Waals surface area contributed by atoms with Gasteiger partial charge in [-0.25, -0.2) is 4.39 Å². The van der Waals surface area contributed by atoms with Crippen LogP contribution in [0.15, 0.2) is 34.9 Å². The van der Waals surface area contributed by atoms with E-state index in [4.69, 9.17) is 16.3 Å². The van der Waals surface area contributed by atoms with E-state index in [1.165, 1.54) is 12.1 Å². The molecule has 4 aliphatic rings. The van der Waals surface area contributed by atoms with Crippen molar-refractivity contribution in [3.8, 4) is 5.75 Å². The number of likely N-dealkylation sites (tertiary alicyclic amines) is 1. The minimum atomic E-state index is -4.35. The van der Waals surface area contributed by atoms with Crippen LogP contribution in [0.5, 0.6) is 5.75 Å². The molecule has 1 saturated heterocycles. The number of halogens is 5. The number of ether oxygens (including phenoxy) is 1. The molecule has 3 aliphatic carbocycles. The number of benzene rings is 1. The highest BCUT2D eigenvalue weighted by Crippen LogP contribution is 2.46. The third-order valence-electron chi connectivity index (χ3n) is 8.88. The molecule has 40 heavy (non-hydrogen) atoms. The van der Waals surface area contributed by atoms with Gasteiger partial charge in [0.1, 0.15) is 11.6 Å². The van der Waals surface area contributed by atoms with Crippen LogP contribution in [0.1, 0.15) is 73.2 Å². The molecule has 3 fully saturated rings. The van der Waals surface area contributed by atoms with E-state index < -0.39 is 41.2 Å². The third kappa shape index (κ3) is 6.56. The SMILES string of the molecule is O=C(O)[C@@H]1CCC[C@H]1C(=O)c1cc(C2CC2)c(OCC2CCN(CC3CC(C(F)(F)F)=CC=C3Cl)CC2)cc1F. The van der Waals surface area contributed by atoms with Gasteiger partial charge in [0.05, 0.1) is 18.1 Å². The van der Waals surface area contributed by atoms with Crippen molar-refractivity contribution in [2.45, 2.75) is 63.5 Å². The van der Waals surface area contributed by atoms with Crippen molar-refractivity contribution in [2.24, 2.45) is 23.7 Å². The van der Waals surface area contributed by atoms with Gasteiger partial charge in [-0.2, -0.15) is 13.2 Å². The number of rotatable bonds is 9. The minimum Gasteiger partial charge on any atom is -0.493 e. The number of carboxylic acid groups (broad SMARTS) is 1. The maximum Gasteiger partial charge on any atom is 0.412 e. The maximum atomic E-state index is 15.2. The number of nitrogens with zero attached hydrogens (tertiary/aromatic N) is 1. The van der Waals surface area contributed by atoms with Crippen LogP contribution in [0.3, 0.4) is 0 Å². The summed E-state index contributed by atoms with van der Waals surface area (Å²) in [5.74, 6) is -3.13. The number of aliphatic carboxylic acids is 1. The lowest BCUT2D eigenvalue weighted by Crippen LogP contribution is -2.39. The Labute approximate surface area is 236 Å². The van der Waals surface area contributed by atoms with Crippen LogP contribution in [0.4, 0.5) is 17.6 Å². The van der Waals surface area contributed by atoms with E-state index in [0.717, 1.165) is 37.3 Å². The highest BCUT2D eigenvalue weighted by atomic mass is 35.5. The van der Waals surface area contributed by atoms with Gasteiger partial charge < -0.3 is 14.7 Å². The fourth-order valence-corrected chi connectivity index (χ4v) is 6.54. The number of ketones is 1. The highest BCUT2D eigenvalue weighted by molar-refractivity contribution is 6.30. The summed E-state index contributed by atoms with van der Waals surface area (Å²) in [5.41, 5.74) is 0.209. The molecule has 0 bridgehead atoms. The van der Waals surface area contributed by atoms with Gasteiger partial charge in [-0.1, -0.05) is 24.1 Å². The summed E-state index contributed by atoms with van der Waals surface area (Å²) in [6.07, 6.45) is 2.92. The summed E-state index contributed by atoms with van der Waals surface area (Å²) in [6.45, 7) is 2.27. The van der Waals surface area contributed by atoms with Crippen molar-refractivity contribution < 1.29 is 37.0 Å². The largest absolute Gasteiger partial charge is 0.493 e. The first-order valence-corrected chi connectivity index (χ1v) is 14.5. The summed E-state index contributed by atoms with van der Waals surface area (Å²) >= 11 is 6.23. The second-order valence-corrected chi connectivity index (χ2v) is 12.1. The molecule has 5 rings (SSSR count). The highest BCUT2D eigenvalue weighted by Gasteiger charge is 2.40. The molecule has 2 saturated carbocycles. The van der Waals surface area contributed by atoms with E-state index in [1.54, 1.807) is 6.07 Å². The van der Waals surface area contributed by atoms with Crippen molar-refractivity contribution in [1.29, 1.82) is 0 Å². The van der Waals surface area contributed by atoms with Gasteiger partial charge in [0.15, 0.2) is 5.78 Å². The zero-order valence-electron chi connectivity index (χ0n) is 22.2. The number of allylic oxidation sites excluding steroid dienone is 3. The van der Waals surface area contributed by atoms with Gasteiger partial charge in [-0.15, -0.1) is 0 Å². The van der Waals surface area contributed by atoms with Crippen LogP contribution in [-0.4, -0.2) is 54.2 Å². The van der Waals surface area contributed by atoms with Crippen LogP contribution in [0.2, 0.25) is 0 Å². The molecule has 1 heterocycles. The number of piperidine rings is 1. The first kappa shape index (κ1) is 29.1. The van der Waals surface area contributed by atoms with Crippen LogP contribution in [-0.2, 0) is 4.79 Å². The number of hydrogen-bond donors (Lipinski definition) is 1. The summed E-state index contributed by atoms with van der Waals surface area (Å²) in [4.78, 5) is 26.8. The van der Waals surface area contributed by atoms with Gasteiger partial charge in [0.25, 0.3) is 0 Å². The lowest BCUT2D eigenvalue weighted by atomic mass is 9.87. The Kier molecular flexibility index (Phi) is 8.62. The summed E-state index contributed by atoms with van der Waals surface area (Å²) < 4.78 is 60.7. The quantitative estimate of drug-likeness (QED) is 0.248. The zero-order valence-corrected chi connectivity index (χ0v) is 22.9. The Morgan fingerprint density at radius 1 is 1.02 bits per heavy atom. The summed E-state index contributed by atoms with van der Waals surface area (Å²) in [6, 6.07) is 2.86. The fourth-order valence-electron chi connectivity index (χ4n) is 6.33. The van der Waals surface area contributed by atoms with Crippen molar-refractivity contribution >= 4 is 23.4 Å². The van der Waals surface area contributed by atoms with E-state index in [9.17, 15) is 27.9 Å². The minimum absolute atomic E-state index is 0.0420. The number of Topliss-reactive ketones (excluding diaryl/α,β-unsaturated/α-hetero) is 1. The van der Waals surface area contributed by atoms with E-state index >= 15 is 4.39 Å². The van der Waals surface area contributed by atoms with E-state index in [0.29, 0.717) is 56.3 Å². The molecule has 0 radical (unpaired) electrons. The molecular formula is C30H34ClF4NO4. The second-order valence-electron chi connectivity index (χ2n) is 11.7. The molecule has 5 nitrogen and oxygen atoms in total. The molecule has 1 unspecified atom stereocenters. The molecule has 0 amide bonds. The standard InChI is InChI=1S/C30H34ClF4NO4/c31-25-7-6-20(30(33,34)35)12-19(25)15-36-10-8-17(9-11-36)16-40-27-14-26(32)24(13-23(27)18-4-5-18)28(37)21-2-1-3-22(21)29(38)39/h6-7,13-14,17-19,21-22H,1-5,8-12,15-16H2,(H,38,39)/t19?,21-,22-/m1/s1. The molecule has 3 atom stereocenters. The van der Waals surface area contributed by atoms with Crippen molar-refractivity contribution in [3.05, 3.63) is 51.8 Å². The van der Waals surface area contributed by atoms with Gasteiger partial charge >= 0.3 is 12.1 Å². The van der Waals surface area contributed by atoms with Gasteiger partial charge in [0.2, 0.25) is 0 Å².